The average molecular weight is 286 g/mol. The summed E-state index contributed by atoms with van der Waals surface area (Å²) in [6.45, 7) is 0.701. The maximum atomic E-state index is 12.4. The molecule has 1 aromatic heterocycles. The summed E-state index contributed by atoms with van der Waals surface area (Å²) >= 11 is 1.69. The van der Waals surface area contributed by atoms with Crippen LogP contribution in [-0.2, 0) is 16.6 Å². The highest BCUT2D eigenvalue weighted by atomic mass is 32.1. The molecule has 0 saturated heterocycles. The molecule has 0 spiro atoms. The van der Waals surface area contributed by atoms with Crippen molar-refractivity contribution in [1.82, 2.24) is 5.32 Å². The van der Waals surface area contributed by atoms with Gasteiger partial charge in [-0.05, 0) is 59.3 Å². The number of nitrogen functional groups attached to an aromatic ring is 1. The van der Waals surface area contributed by atoms with Crippen LogP contribution in [0.5, 0.6) is 0 Å². The molecule has 0 radical (unpaired) electrons. The lowest BCUT2D eigenvalue weighted by atomic mass is 9.94. The maximum Gasteiger partial charge on any atom is 0.230 e. The first-order valence-electron chi connectivity index (χ1n) is 6.86. The van der Waals surface area contributed by atoms with Crippen LogP contribution in [0.1, 0.15) is 24.0 Å². The van der Waals surface area contributed by atoms with E-state index in [4.69, 9.17) is 5.73 Å². The van der Waals surface area contributed by atoms with Crippen LogP contribution in [0.3, 0.4) is 0 Å². The molecular formula is C16H18N2OS. The number of benzene rings is 1. The zero-order valence-electron chi connectivity index (χ0n) is 11.3. The number of nitrogens with two attached hydrogens (primary N) is 1. The number of amides is 1. The van der Waals surface area contributed by atoms with Crippen molar-refractivity contribution in [2.24, 2.45) is 0 Å². The number of anilines is 1. The smallest absolute Gasteiger partial charge is 0.230 e. The van der Waals surface area contributed by atoms with Crippen LogP contribution in [0.15, 0.2) is 41.1 Å². The zero-order chi connectivity index (χ0) is 14.0. The molecular weight excluding hydrogens is 268 g/mol. The quantitative estimate of drug-likeness (QED) is 0.830. The van der Waals surface area contributed by atoms with Crippen molar-refractivity contribution < 1.29 is 4.79 Å². The summed E-state index contributed by atoms with van der Waals surface area (Å²) in [5.41, 5.74) is 8.50. The molecule has 1 heterocycles. The topological polar surface area (TPSA) is 55.1 Å². The van der Waals surface area contributed by atoms with E-state index in [0.29, 0.717) is 6.54 Å². The highest BCUT2D eigenvalue weighted by Gasteiger charge is 2.50. The van der Waals surface area contributed by atoms with E-state index in [1.165, 1.54) is 5.56 Å². The van der Waals surface area contributed by atoms with Gasteiger partial charge in [0.1, 0.15) is 0 Å². The molecule has 1 aliphatic carbocycles. The minimum absolute atomic E-state index is 0.150. The number of nitrogens with one attached hydrogen (secondary N) is 1. The van der Waals surface area contributed by atoms with Crippen molar-refractivity contribution in [2.45, 2.75) is 24.7 Å². The third-order valence-corrected chi connectivity index (χ3v) is 4.66. The van der Waals surface area contributed by atoms with Crippen molar-refractivity contribution in [3.8, 4) is 0 Å². The SMILES string of the molecule is Nc1ccc(C2(C(=O)NCCc3ccsc3)CC2)cc1. The zero-order valence-corrected chi connectivity index (χ0v) is 12.1. The van der Waals surface area contributed by atoms with E-state index in [1.54, 1.807) is 11.3 Å². The van der Waals surface area contributed by atoms with Gasteiger partial charge in [-0.3, -0.25) is 4.79 Å². The molecule has 3 rings (SSSR count). The average Bonchev–Trinajstić information content (AvgIpc) is 3.10. The van der Waals surface area contributed by atoms with Gasteiger partial charge in [0, 0.05) is 12.2 Å². The van der Waals surface area contributed by atoms with Gasteiger partial charge < -0.3 is 11.1 Å². The number of hydrogen-bond donors (Lipinski definition) is 2. The van der Waals surface area contributed by atoms with Gasteiger partial charge >= 0.3 is 0 Å². The Morgan fingerprint density at radius 1 is 1.25 bits per heavy atom. The van der Waals surface area contributed by atoms with Crippen LogP contribution in [0.4, 0.5) is 5.69 Å². The molecule has 2 aromatic rings. The van der Waals surface area contributed by atoms with Crippen molar-refractivity contribution in [3.05, 3.63) is 52.2 Å². The first-order valence-corrected chi connectivity index (χ1v) is 7.80. The van der Waals surface area contributed by atoms with Gasteiger partial charge in [-0.25, -0.2) is 0 Å². The monoisotopic (exact) mass is 286 g/mol. The molecule has 3 N–H and O–H groups in total. The lowest BCUT2D eigenvalue weighted by Gasteiger charge is -2.16. The fourth-order valence-electron chi connectivity index (χ4n) is 2.50. The van der Waals surface area contributed by atoms with Gasteiger partial charge in [-0.15, -0.1) is 0 Å². The van der Waals surface area contributed by atoms with Crippen molar-refractivity contribution in [3.63, 3.8) is 0 Å². The normalized spacial score (nSPS) is 15.8. The van der Waals surface area contributed by atoms with Crippen LogP contribution in [0.2, 0.25) is 0 Å². The summed E-state index contributed by atoms with van der Waals surface area (Å²) < 4.78 is 0. The molecule has 3 nitrogen and oxygen atoms in total. The summed E-state index contributed by atoms with van der Waals surface area (Å²) in [7, 11) is 0. The lowest BCUT2D eigenvalue weighted by Crippen LogP contribution is -2.35. The molecule has 1 aliphatic rings. The Labute approximate surface area is 122 Å². The molecule has 4 heteroatoms. The van der Waals surface area contributed by atoms with Gasteiger partial charge in [-0.2, -0.15) is 11.3 Å². The molecule has 1 fully saturated rings. The minimum atomic E-state index is -0.303. The van der Waals surface area contributed by atoms with Crippen LogP contribution in [0, 0.1) is 0 Å². The standard InChI is InChI=1S/C16H18N2OS/c17-14-3-1-13(2-4-14)16(7-8-16)15(19)18-9-5-12-6-10-20-11-12/h1-4,6,10-11H,5,7-9,17H2,(H,18,19). The first-order chi connectivity index (χ1) is 9.71. The Hall–Kier alpha value is -1.81. The number of hydrogen-bond acceptors (Lipinski definition) is 3. The summed E-state index contributed by atoms with van der Waals surface area (Å²) in [5, 5.41) is 7.26. The van der Waals surface area contributed by atoms with E-state index in [2.05, 4.69) is 22.1 Å². The van der Waals surface area contributed by atoms with E-state index < -0.39 is 0 Å². The number of thiophene rings is 1. The Balaban J connectivity index is 1.60. The fraction of sp³-hybridized carbons (Fsp3) is 0.312. The van der Waals surface area contributed by atoms with E-state index in [1.807, 2.05) is 24.3 Å². The summed E-state index contributed by atoms with van der Waals surface area (Å²) in [4.78, 5) is 12.4. The van der Waals surface area contributed by atoms with Crippen LogP contribution >= 0.6 is 11.3 Å². The summed E-state index contributed by atoms with van der Waals surface area (Å²) in [6.07, 6.45) is 2.76. The van der Waals surface area contributed by atoms with Crippen molar-refractivity contribution in [1.29, 1.82) is 0 Å². The molecule has 104 valence electrons. The predicted molar refractivity (Wildman–Crippen MR) is 82.8 cm³/mol. The fourth-order valence-corrected chi connectivity index (χ4v) is 3.20. The van der Waals surface area contributed by atoms with Gasteiger partial charge in [0.15, 0.2) is 0 Å². The molecule has 1 aromatic carbocycles. The number of carbonyl (C=O) groups excluding carboxylic acids is 1. The van der Waals surface area contributed by atoms with E-state index >= 15 is 0 Å². The highest BCUT2D eigenvalue weighted by molar-refractivity contribution is 7.07. The predicted octanol–water partition coefficient (Wildman–Crippen LogP) is 2.72. The van der Waals surface area contributed by atoms with Crippen LogP contribution in [0.25, 0.3) is 0 Å². The van der Waals surface area contributed by atoms with E-state index in [-0.39, 0.29) is 11.3 Å². The second-order valence-corrected chi connectivity index (χ2v) is 6.12. The molecule has 1 amide bonds. The van der Waals surface area contributed by atoms with Gasteiger partial charge in [0.25, 0.3) is 0 Å². The van der Waals surface area contributed by atoms with Crippen molar-refractivity contribution >= 4 is 22.9 Å². The third-order valence-electron chi connectivity index (χ3n) is 3.93. The largest absolute Gasteiger partial charge is 0.399 e. The van der Waals surface area contributed by atoms with Crippen LogP contribution < -0.4 is 11.1 Å². The van der Waals surface area contributed by atoms with E-state index in [0.717, 1.165) is 30.5 Å². The van der Waals surface area contributed by atoms with E-state index in [9.17, 15) is 4.79 Å². The highest BCUT2D eigenvalue weighted by Crippen LogP contribution is 2.48. The summed E-state index contributed by atoms with van der Waals surface area (Å²) in [5.74, 6) is 0.150. The number of carbonyl (C=O) groups is 1. The number of rotatable bonds is 5. The first kappa shape index (κ1) is 13.2. The minimum Gasteiger partial charge on any atom is -0.399 e. The Morgan fingerprint density at radius 2 is 2.00 bits per heavy atom. The maximum absolute atomic E-state index is 12.4. The molecule has 0 unspecified atom stereocenters. The molecule has 1 saturated carbocycles. The molecule has 0 bridgehead atoms. The Bertz CT molecular complexity index is 585. The second kappa shape index (κ2) is 5.29. The third kappa shape index (κ3) is 2.56. The summed E-state index contributed by atoms with van der Waals surface area (Å²) in [6, 6.07) is 9.79. The van der Waals surface area contributed by atoms with Crippen LogP contribution in [-0.4, -0.2) is 12.5 Å². The van der Waals surface area contributed by atoms with Crippen molar-refractivity contribution in [2.75, 3.05) is 12.3 Å². The second-order valence-electron chi connectivity index (χ2n) is 5.34. The Kier molecular flexibility index (Phi) is 3.49. The Morgan fingerprint density at radius 3 is 2.60 bits per heavy atom. The molecule has 0 aliphatic heterocycles. The van der Waals surface area contributed by atoms with Gasteiger partial charge in [0.05, 0.1) is 5.41 Å². The molecule has 0 atom stereocenters. The van der Waals surface area contributed by atoms with Gasteiger partial charge in [0.2, 0.25) is 5.91 Å². The molecule has 20 heavy (non-hydrogen) atoms. The lowest BCUT2D eigenvalue weighted by molar-refractivity contribution is -0.123. The van der Waals surface area contributed by atoms with Gasteiger partial charge in [-0.1, -0.05) is 12.1 Å².